The first-order chi connectivity index (χ1) is 24.7. The Balaban J connectivity index is 1.82. The minimum Gasteiger partial charge on any atom is -0.347 e. The molecule has 0 spiro atoms. The van der Waals surface area contributed by atoms with Crippen molar-refractivity contribution < 1.29 is 42.3 Å². The van der Waals surface area contributed by atoms with Crippen molar-refractivity contribution >= 4 is 41.4 Å². The smallest absolute Gasteiger partial charge is 0.315 e. The van der Waals surface area contributed by atoms with Crippen LogP contribution in [0.5, 0.6) is 0 Å². The fraction of sp³-hybridized carbons (Fsp3) is 0.658. The number of rotatable bonds is 14. The molecule has 6 atom stereocenters. The SMILES string of the molecule is CCC(F)(F)CC(NC(=O)[C@@H]1C2[C@H](CN1C(=O)[C@@H](NC(=O)NC(C)(C)C)C(C)(C)C)C2(C)C)C(=O)C(=O)NCC(=O)N[C@H](C(=O)N(C)C)c1ccccc1. The molecule has 1 aliphatic heterocycles. The first kappa shape index (κ1) is 43.8. The van der Waals surface area contributed by atoms with Crippen LogP contribution in [0.15, 0.2) is 30.3 Å². The van der Waals surface area contributed by atoms with E-state index in [0.29, 0.717) is 5.56 Å². The molecule has 2 unspecified atom stereocenters. The number of urea groups is 1. The summed E-state index contributed by atoms with van der Waals surface area (Å²) in [4.78, 5) is 96.0. The van der Waals surface area contributed by atoms with E-state index in [4.69, 9.17) is 0 Å². The number of Topliss-reactive ketones (excluding diaryl/α,β-unsaturated/α-hetero) is 1. The number of halogens is 2. The second kappa shape index (κ2) is 16.4. The topological polar surface area (TPSA) is 186 Å². The molecule has 2 fully saturated rings. The van der Waals surface area contributed by atoms with Crippen LogP contribution in [-0.4, -0.2) is 108 Å². The lowest BCUT2D eigenvalue weighted by Gasteiger charge is -2.38. The van der Waals surface area contributed by atoms with Gasteiger partial charge in [-0.1, -0.05) is 71.9 Å². The van der Waals surface area contributed by atoms with Crippen LogP contribution in [0.4, 0.5) is 13.6 Å². The van der Waals surface area contributed by atoms with Gasteiger partial charge in [0.05, 0.1) is 6.54 Å². The maximum Gasteiger partial charge on any atom is 0.315 e. The zero-order valence-electron chi connectivity index (χ0n) is 33.2. The predicted molar refractivity (Wildman–Crippen MR) is 197 cm³/mol. The highest BCUT2D eigenvalue weighted by molar-refractivity contribution is 6.38. The number of piperidine rings is 1. The normalized spacial score (nSPS) is 20.7. The van der Waals surface area contributed by atoms with Crippen molar-refractivity contribution in [1.29, 1.82) is 0 Å². The van der Waals surface area contributed by atoms with E-state index < -0.39 is 107 Å². The molecule has 1 saturated heterocycles. The summed E-state index contributed by atoms with van der Waals surface area (Å²) in [5, 5.41) is 12.5. The lowest BCUT2D eigenvalue weighted by molar-refractivity contribution is -0.146. The first-order valence-electron chi connectivity index (χ1n) is 18.2. The molecule has 300 valence electrons. The molecule has 0 bridgehead atoms. The molecule has 0 radical (unpaired) electrons. The molecule has 1 saturated carbocycles. The Kier molecular flexibility index (Phi) is 13.3. The van der Waals surface area contributed by atoms with Crippen LogP contribution in [0, 0.1) is 22.7 Å². The fourth-order valence-electron chi connectivity index (χ4n) is 6.85. The van der Waals surface area contributed by atoms with Gasteiger partial charge in [0.2, 0.25) is 35.3 Å². The number of alkyl halides is 2. The summed E-state index contributed by atoms with van der Waals surface area (Å²) < 4.78 is 29.7. The van der Waals surface area contributed by atoms with Crippen LogP contribution in [0.25, 0.3) is 0 Å². The van der Waals surface area contributed by atoms with Crippen molar-refractivity contribution in [3.8, 4) is 0 Å². The summed E-state index contributed by atoms with van der Waals surface area (Å²) in [5.74, 6) is -9.51. The summed E-state index contributed by atoms with van der Waals surface area (Å²) in [6.07, 6.45) is -1.91. The van der Waals surface area contributed by atoms with Crippen LogP contribution in [0.3, 0.4) is 0 Å². The summed E-state index contributed by atoms with van der Waals surface area (Å²) in [5.41, 5.74) is -1.33. The van der Waals surface area contributed by atoms with Gasteiger partial charge in [-0.25, -0.2) is 13.6 Å². The van der Waals surface area contributed by atoms with Gasteiger partial charge >= 0.3 is 6.03 Å². The number of hydrogen-bond donors (Lipinski definition) is 5. The standard InChI is InChI=1S/C38H57F2N7O7/c1-12-38(39,40)18-23(28(49)31(51)41-19-24(48)43-26(32(52)46(10)11)21-16-14-13-15-17-21)42-30(50)27-25-22(37(25,8)9)20-47(27)33(53)29(35(2,3)4)44-34(54)45-36(5,6)7/h13-17,22-23,25-27,29H,12,18-20H2,1-11H3,(H,41,51)(H,42,50)(H,43,48)(H2,44,45,54)/t22-,23?,25?,26-,27-,29+/m0/s1. The predicted octanol–water partition coefficient (Wildman–Crippen LogP) is 2.53. The molecule has 16 heteroatoms. The lowest BCUT2D eigenvalue weighted by atomic mass is 9.85. The van der Waals surface area contributed by atoms with Crippen molar-refractivity contribution in [3.63, 3.8) is 0 Å². The molecule has 0 aromatic heterocycles. The molecule has 14 nitrogen and oxygen atoms in total. The Bertz CT molecular complexity index is 1600. The molecule has 1 aromatic carbocycles. The molecule has 1 heterocycles. The van der Waals surface area contributed by atoms with Crippen molar-refractivity contribution in [1.82, 2.24) is 36.4 Å². The van der Waals surface area contributed by atoms with Gasteiger partial charge in [0, 0.05) is 39.0 Å². The zero-order chi connectivity index (χ0) is 41.1. The highest BCUT2D eigenvalue weighted by Crippen LogP contribution is 2.65. The van der Waals surface area contributed by atoms with Crippen LogP contribution >= 0.6 is 0 Å². The number of benzene rings is 1. The third kappa shape index (κ3) is 10.7. The van der Waals surface area contributed by atoms with E-state index in [0.717, 1.165) is 0 Å². The Morgan fingerprint density at radius 3 is 2.04 bits per heavy atom. The second-order valence-electron chi connectivity index (χ2n) is 17.2. The summed E-state index contributed by atoms with van der Waals surface area (Å²) >= 11 is 0. The Morgan fingerprint density at radius 1 is 0.926 bits per heavy atom. The molecule has 7 amide bonds. The number of nitrogens with zero attached hydrogens (tertiary/aromatic N) is 2. The van der Waals surface area contributed by atoms with Crippen molar-refractivity contribution in [2.75, 3.05) is 27.2 Å². The number of hydrogen-bond acceptors (Lipinski definition) is 7. The number of amides is 7. The van der Waals surface area contributed by atoms with E-state index in [9.17, 15) is 42.3 Å². The maximum atomic E-state index is 14.9. The maximum absolute atomic E-state index is 14.9. The van der Waals surface area contributed by atoms with Crippen LogP contribution in [0.2, 0.25) is 0 Å². The quantitative estimate of drug-likeness (QED) is 0.180. The summed E-state index contributed by atoms with van der Waals surface area (Å²) in [7, 11) is 3.01. The van der Waals surface area contributed by atoms with Crippen LogP contribution in [0.1, 0.15) is 86.8 Å². The summed E-state index contributed by atoms with van der Waals surface area (Å²) in [6, 6.07) is 2.38. The Morgan fingerprint density at radius 2 is 1.52 bits per heavy atom. The third-order valence-electron chi connectivity index (χ3n) is 10.0. The largest absolute Gasteiger partial charge is 0.347 e. The van der Waals surface area contributed by atoms with Gasteiger partial charge in [0.1, 0.15) is 24.2 Å². The van der Waals surface area contributed by atoms with Gasteiger partial charge in [-0.15, -0.1) is 0 Å². The molecule has 2 aliphatic rings. The molecule has 1 aliphatic carbocycles. The van der Waals surface area contributed by atoms with Gasteiger partial charge in [-0.05, 0) is 49.0 Å². The monoisotopic (exact) mass is 761 g/mol. The Labute approximate surface area is 316 Å². The average molecular weight is 762 g/mol. The molecule has 5 N–H and O–H groups in total. The number of carbonyl (C=O) groups is 7. The number of likely N-dealkylation sites (N-methyl/N-ethyl adjacent to an activating group) is 1. The third-order valence-corrected chi connectivity index (χ3v) is 10.0. The molecule has 54 heavy (non-hydrogen) atoms. The zero-order valence-corrected chi connectivity index (χ0v) is 33.2. The Hall–Kier alpha value is -4.63. The fourth-order valence-corrected chi connectivity index (χ4v) is 6.85. The highest BCUT2D eigenvalue weighted by Gasteiger charge is 2.70. The second-order valence-corrected chi connectivity index (χ2v) is 17.2. The average Bonchev–Trinajstić information content (AvgIpc) is 3.37. The number of ketones is 1. The first-order valence-corrected chi connectivity index (χ1v) is 18.2. The van der Waals surface area contributed by atoms with Crippen LogP contribution in [-0.2, 0) is 28.8 Å². The van der Waals surface area contributed by atoms with Gasteiger partial charge in [-0.2, -0.15) is 0 Å². The van der Waals surface area contributed by atoms with Gasteiger partial charge < -0.3 is 36.4 Å². The summed E-state index contributed by atoms with van der Waals surface area (Å²) in [6.45, 7) is 15.0. The van der Waals surface area contributed by atoms with E-state index in [2.05, 4.69) is 26.6 Å². The van der Waals surface area contributed by atoms with Crippen molar-refractivity contribution in [2.45, 2.75) is 111 Å². The number of carbonyl (C=O) groups excluding carboxylic acids is 7. The number of fused-ring (bicyclic) bond motifs is 1. The minimum absolute atomic E-state index is 0.117. The van der Waals surface area contributed by atoms with E-state index >= 15 is 0 Å². The van der Waals surface area contributed by atoms with Crippen molar-refractivity contribution in [3.05, 3.63) is 35.9 Å². The van der Waals surface area contributed by atoms with Gasteiger partial charge in [0.15, 0.2) is 0 Å². The minimum atomic E-state index is -3.46. The van der Waals surface area contributed by atoms with Crippen LogP contribution < -0.4 is 26.6 Å². The molecular formula is C38H57F2N7O7. The number of likely N-dealkylation sites (tertiary alicyclic amines) is 1. The van der Waals surface area contributed by atoms with Gasteiger partial charge in [-0.3, -0.25) is 28.8 Å². The molecule has 1 aromatic rings. The number of nitrogens with one attached hydrogen (secondary N) is 5. The van der Waals surface area contributed by atoms with E-state index in [-0.39, 0.29) is 18.4 Å². The lowest BCUT2D eigenvalue weighted by Crippen LogP contribution is -2.62. The van der Waals surface area contributed by atoms with Gasteiger partial charge in [0.25, 0.3) is 5.91 Å². The van der Waals surface area contributed by atoms with Crippen molar-refractivity contribution in [2.24, 2.45) is 22.7 Å². The molecular weight excluding hydrogens is 704 g/mol. The van der Waals surface area contributed by atoms with E-state index in [1.807, 2.05) is 13.8 Å². The molecule has 3 rings (SSSR count). The van der Waals surface area contributed by atoms with E-state index in [1.165, 1.54) is 30.8 Å². The van der Waals surface area contributed by atoms with E-state index in [1.54, 1.807) is 71.9 Å². The highest BCUT2D eigenvalue weighted by atomic mass is 19.3.